The molecule has 25 heavy (non-hydrogen) atoms. The molecule has 0 aromatic heterocycles. The zero-order valence-electron chi connectivity index (χ0n) is 14.3. The fourth-order valence-corrected chi connectivity index (χ4v) is 3.11. The second-order valence-corrected chi connectivity index (χ2v) is 6.03. The van der Waals surface area contributed by atoms with Crippen LogP contribution in [-0.4, -0.2) is 37.6 Å². The number of rotatable bonds is 5. The molecule has 0 radical (unpaired) electrons. The molecule has 2 aromatic rings. The zero-order chi connectivity index (χ0) is 17.6. The third kappa shape index (κ3) is 4.17. The van der Waals surface area contributed by atoms with Gasteiger partial charge in [0.15, 0.2) is 0 Å². The molecule has 4 nitrogen and oxygen atoms in total. The number of para-hydroxylation sites is 1. The van der Waals surface area contributed by atoms with Crippen molar-refractivity contribution in [3.8, 4) is 5.75 Å². The predicted molar refractivity (Wildman–Crippen MR) is 93.0 cm³/mol. The fourth-order valence-electron chi connectivity index (χ4n) is 3.11. The van der Waals surface area contributed by atoms with Crippen LogP contribution < -0.4 is 4.74 Å². The van der Waals surface area contributed by atoms with Gasteiger partial charge in [0.2, 0.25) is 5.91 Å². The first-order valence-corrected chi connectivity index (χ1v) is 8.44. The highest BCUT2D eigenvalue weighted by Gasteiger charge is 2.26. The SMILES string of the molecule is COc1ccccc1CCC(=O)N1CCOC(c2ccccc2F)C1. The molecule has 1 amide bonds. The summed E-state index contributed by atoms with van der Waals surface area (Å²) < 4.78 is 25.0. The van der Waals surface area contributed by atoms with Gasteiger partial charge in [-0.3, -0.25) is 4.79 Å². The summed E-state index contributed by atoms with van der Waals surface area (Å²) in [5.41, 5.74) is 1.52. The Balaban J connectivity index is 1.61. The van der Waals surface area contributed by atoms with E-state index in [4.69, 9.17) is 9.47 Å². The van der Waals surface area contributed by atoms with E-state index in [-0.39, 0.29) is 11.7 Å². The number of halogens is 1. The van der Waals surface area contributed by atoms with E-state index in [1.807, 2.05) is 24.3 Å². The van der Waals surface area contributed by atoms with Crippen LogP contribution in [0.1, 0.15) is 23.7 Å². The van der Waals surface area contributed by atoms with Crippen molar-refractivity contribution in [2.45, 2.75) is 18.9 Å². The number of methoxy groups -OCH3 is 1. The third-order valence-corrected chi connectivity index (χ3v) is 4.47. The number of benzene rings is 2. The summed E-state index contributed by atoms with van der Waals surface area (Å²) in [7, 11) is 1.63. The van der Waals surface area contributed by atoms with Crippen LogP contribution >= 0.6 is 0 Å². The topological polar surface area (TPSA) is 38.8 Å². The lowest BCUT2D eigenvalue weighted by molar-refractivity contribution is -0.139. The third-order valence-electron chi connectivity index (χ3n) is 4.47. The van der Waals surface area contributed by atoms with Gasteiger partial charge >= 0.3 is 0 Å². The number of amides is 1. The van der Waals surface area contributed by atoms with Gasteiger partial charge in [-0.15, -0.1) is 0 Å². The quantitative estimate of drug-likeness (QED) is 0.835. The Morgan fingerprint density at radius 1 is 1.24 bits per heavy atom. The second kappa shape index (κ2) is 8.12. The number of ether oxygens (including phenoxy) is 2. The van der Waals surface area contributed by atoms with Crippen molar-refractivity contribution in [1.82, 2.24) is 4.90 Å². The Morgan fingerprint density at radius 2 is 2.00 bits per heavy atom. The van der Waals surface area contributed by atoms with Crippen molar-refractivity contribution in [2.75, 3.05) is 26.8 Å². The molecule has 1 unspecified atom stereocenters. The molecule has 0 spiro atoms. The average Bonchev–Trinajstić information content (AvgIpc) is 2.66. The molecule has 2 aromatic carbocycles. The molecule has 3 rings (SSSR count). The van der Waals surface area contributed by atoms with Gasteiger partial charge in [-0.2, -0.15) is 0 Å². The maximum Gasteiger partial charge on any atom is 0.223 e. The van der Waals surface area contributed by atoms with Crippen LogP contribution in [0.2, 0.25) is 0 Å². The largest absolute Gasteiger partial charge is 0.496 e. The molecule has 0 N–H and O–H groups in total. The van der Waals surface area contributed by atoms with Gasteiger partial charge in [0.25, 0.3) is 0 Å². The van der Waals surface area contributed by atoms with E-state index in [1.54, 1.807) is 30.2 Å². The van der Waals surface area contributed by atoms with Crippen LogP contribution in [0, 0.1) is 5.82 Å². The highest BCUT2D eigenvalue weighted by atomic mass is 19.1. The van der Waals surface area contributed by atoms with Gasteiger partial charge in [-0.05, 0) is 24.1 Å². The lowest BCUT2D eigenvalue weighted by Crippen LogP contribution is -2.42. The summed E-state index contributed by atoms with van der Waals surface area (Å²) in [6, 6.07) is 14.3. The van der Waals surface area contributed by atoms with E-state index < -0.39 is 6.10 Å². The fraction of sp³-hybridized carbons (Fsp3) is 0.350. The van der Waals surface area contributed by atoms with Gasteiger partial charge in [0, 0.05) is 18.5 Å². The first-order valence-electron chi connectivity index (χ1n) is 8.44. The van der Waals surface area contributed by atoms with E-state index in [0.29, 0.717) is 38.1 Å². The minimum Gasteiger partial charge on any atom is -0.496 e. The lowest BCUT2D eigenvalue weighted by Gasteiger charge is -2.33. The molecule has 1 aliphatic rings. The number of nitrogens with zero attached hydrogens (tertiary/aromatic N) is 1. The van der Waals surface area contributed by atoms with Crippen LogP contribution in [0.3, 0.4) is 0 Å². The maximum absolute atomic E-state index is 14.0. The lowest BCUT2D eigenvalue weighted by atomic mass is 10.1. The van der Waals surface area contributed by atoms with Crippen molar-refractivity contribution >= 4 is 5.91 Å². The summed E-state index contributed by atoms with van der Waals surface area (Å²) >= 11 is 0. The molecule has 0 aliphatic carbocycles. The summed E-state index contributed by atoms with van der Waals surface area (Å²) in [6.07, 6.45) is 0.597. The van der Waals surface area contributed by atoms with Gasteiger partial charge in [-0.1, -0.05) is 36.4 Å². The molecule has 1 aliphatic heterocycles. The molecule has 1 heterocycles. The molecule has 5 heteroatoms. The van der Waals surface area contributed by atoms with Gasteiger partial charge in [-0.25, -0.2) is 4.39 Å². The minimum absolute atomic E-state index is 0.0514. The van der Waals surface area contributed by atoms with Crippen molar-refractivity contribution in [1.29, 1.82) is 0 Å². The van der Waals surface area contributed by atoms with E-state index in [2.05, 4.69) is 0 Å². The number of carbonyl (C=O) groups excluding carboxylic acids is 1. The van der Waals surface area contributed by atoms with Gasteiger partial charge in [0.1, 0.15) is 17.7 Å². The summed E-state index contributed by atoms with van der Waals surface area (Å²) in [5, 5.41) is 0. The second-order valence-electron chi connectivity index (χ2n) is 6.03. The predicted octanol–water partition coefficient (Wildman–Crippen LogP) is 3.37. The van der Waals surface area contributed by atoms with Crippen molar-refractivity contribution in [3.63, 3.8) is 0 Å². The molecule has 1 fully saturated rings. The Labute approximate surface area is 147 Å². The zero-order valence-corrected chi connectivity index (χ0v) is 14.3. The summed E-state index contributed by atoms with van der Waals surface area (Å²) in [6.45, 7) is 1.33. The Morgan fingerprint density at radius 3 is 2.80 bits per heavy atom. The smallest absolute Gasteiger partial charge is 0.223 e. The summed E-state index contributed by atoms with van der Waals surface area (Å²) in [4.78, 5) is 14.3. The normalized spacial score (nSPS) is 17.4. The molecule has 1 atom stereocenters. The average molecular weight is 343 g/mol. The number of hydrogen-bond donors (Lipinski definition) is 0. The number of morpholine rings is 1. The maximum atomic E-state index is 14.0. The van der Waals surface area contributed by atoms with Crippen LogP contribution in [0.25, 0.3) is 0 Å². The van der Waals surface area contributed by atoms with Crippen molar-refractivity contribution in [2.24, 2.45) is 0 Å². The molecule has 0 bridgehead atoms. The Bertz CT molecular complexity index is 734. The van der Waals surface area contributed by atoms with Crippen LogP contribution in [0.4, 0.5) is 4.39 Å². The van der Waals surface area contributed by atoms with Crippen molar-refractivity contribution in [3.05, 3.63) is 65.5 Å². The number of hydrogen-bond acceptors (Lipinski definition) is 3. The van der Waals surface area contributed by atoms with Gasteiger partial charge < -0.3 is 14.4 Å². The molecular weight excluding hydrogens is 321 g/mol. The van der Waals surface area contributed by atoms with E-state index in [9.17, 15) is 9.18 Å². The Kier molecular flexibility index (Phi) is 5.66. The van der Waals surface area contributed by atoms with Gasteiger partial charge in [0.05, 0.1) is 20.3 Å². The minimum atomic E-state index is -0.412. The van der Waals surface area contributed by atoms with E-state index >= 15 is 0 Å². The standard InChI is InChI=1S/C20H22FNO3/c1-24-18-9-5-2-6-15(18)10-11-20(23)22-12-13-25-19(14-22)16-7-3-4-8-17(16)21/h2-9,19H,10-14H2,1H3. The summed E-state index contributed by atoms with van der Waals surface area (Å²) in [5.74, 6) is 0.549. The molecular formula is C20H22FNO3. The first kappa shape index (κ1) is 17.4. The highest BCUT2D eigenvalue weighted by Crippen LogP contribution is 2.25. The monoisotopic (exact) mass is 343 g/mol. The van der Waals surface area contributed by atoms with E-state index in [0.717, 1.165) is 11.3 Å². The number of carbonyl (C=O) groups is 1. The van der Waals surface area contributed by atoms with Crippen LogP contribution in [-0.2, 0) is 16.0 Å². The van der Waals surface area contributed by atoms with Crippen molar-refractivity contribution < 1.29 is 18.7 Å². The van der Waals surface area contributed by atoms with Crippen LogP contribution in [0.5, 0.6) is 5.75 Å². The molecule has 1 saturated heterocycles. The molecule has 0 saturated carbocycles. The molecule has 132 valence electrons. The highest BCUT2D eigenvalue weighted by molar-refractivity contribution is 5.76. The number of aryl methyl sites for hydroxylation is 1. The Hall–Kier alpha value is -2.40. The van der Waals surface area contributed by atoms with Crippen LogP contribution in [0.15, 0.2) is 48.5 Å². The van der Waals surface area contributed by atoms with E-state index in [1.165, 1.54) is 6.07 Å². The first-order chi connectivity index (χ1) is 12.2.